The van der Waals surface area contributed by atoms with E-state index in [9.17, 15) is 18.0 Å². The van der Waals surface area contributed by atoms with Gasteiger partial charge in [0.1, 0.15) is 17.1 Å². The number of nitrogens with one attached hydrogen (secondary N) is 1. The largest absolute Gasteiger partial charge is 0.467 e. The number of aryl methyl sites for hydroxylation is 1. The first-order valence-electron chi connectivity index (χ1n) is 7.79. The van der Waals surface area contributed by atoms with Crippen molar-refractivity contribution in [1.82, 2.24) is 14.7 Å². The third-order valence-electron chi connectivity index (χ3n) is 3.72. The van der Waals surface area contributed by atoms with Crippen molar-refractivity contribution in [3.05, 3.63) is 59.4 Å². The van der Waals surface area contributed by atoms with Crippen molar-refractivity contribution in [3.8, 4) is 0 Å². The summed E-state index contributed by atoms with van der Waals surface area (Å²) >= 11 is 0. The second-order valence-corrected chi connectivity index (χ2v) is 5.56. The molecule has 8 heteroatoms. The van der Waals surface area contributed by atoms with Gasteiger partial charge in [0.15, 0.2) is 0 Å². The highest BCUT2D eigenvalue weighted by molar-refractivity contribution is 5.94. The summed E-state index contributed by atoms with van der Waals surface area (Å²) in [6.07, 6.45) is -0.899. The van der Waals surface area contributed by atoms with Crippen molar-refractivity contribution in [2.24, 2.45) is 0 Å². The van der Waals surface area contributed by atoms with Crippen LogP contribution in [-0.4, -0.2) is 15.3 Å². The van der Waals surface area contributed by atoms with Gasteiger partial charge >= 0.3 is 6.18 Å². The minimum Gasteiger partial charge on any atom is -0.467 e. The Morgan fingerprint density at radius 2 is 2.12 bits per heavy atom. The number of carbonyl (C=O) groups excluding carboxylic acids is 1. The van der Waals surface area contributed by atoms with Gasteiger partial charge in [-0.25, -0.2) is 4.98 Å². The van der Waals surface area contributed by atoms with Gasteiger partial charge in [-0.05, 0) is 30.7 Å². The van der Waals surface area contributed by atoms with E-state index in [1.807, 2.05) is 6.92 Å². The summed E-state index contributed by atoms with van der Waals surface area (Å²) in [5.74, 6) is 0.0573. The Kier molecular flexibility index (Phi) is 4.52. The lowest BCUT2D eigenvalue weighted by Crippen LogP contribution is -2.25. The van der Waals surface area contributed by atoms with Gasteiger partial charge in [-0.15, -0.1) is 0 Å². The molecule has 0 spiro atoms. The molecule has 0 bridgehead atoms. The van der Waals surface area contributed by atoms with Gasteiger partial charge in [-0.1, -0.05) is 13.3 Å². The third kappa shape index (κ3) is 3.52. The molecule has 3 heterocycles. The number of fused-ring (bicyclic) bond motifs is 1. The van der Waals surface area contributed by atoms with Crippen molar-refractivity contribution < 1.29 is 22.4 Å². The maximum Gasteiger partial charge on any atom is 0.417 e. The summed E-state index contributed by atoms with van der Waals surface area (Å²) in [5.41, 5.74) is 0.0633. The molecular formula is C17H16F3N3O2. The number of pyridine rings is 1. The molecule has 0 aromatic carbocycles. The average molecular weight is 351 g/mol. The van der Waals surface area contributed by atoms with Gasteiger partial charge in [0.25, 0.3) is 5.91 Å². The molecule has 0 aliphatic heterocycles. The molecule has 0 atom stereocenters. The van der Waals surface area contributed by atoms with E-state index in [-0.39, 0.29) is 12.2 Å². The fourth-order valence-corrected chi connectivity index (χ4v) is 2.58. The molecule has 3 aromatic rings. The highest BCUT2D eigenvalue weighted by Crippen LogP contribution is 2.30. The Morgan fingerprint density at radius 3 is 2.76 bits per heavy atom. The number of aromatic nitrogens is 2. The van der Waals surface area contributed by atoms with Gasteiger partial charge in [0, 0.05) is 6.20 Å². The minimum atomic E-state index is -4.49. The monoisotopic (exact) mass is 351 g/mol. The Morgan fingerprint density at radius 1 is 1.32 bits per heavy atom. The summed E-state index contributed by atoms with van der Waals surface area (Å²) in [7, 11) is 0. The molecule has 1 N–H and O–H groups in total. The number of halogens is 3. The molecule has 0 unspecified atom stereocenters. The van der Waals surface area contributed by atoms with E-state index in [1.165, 1.54) is 16.7 Å². The van der Waals surface area contributed by atoms with E-state index in [1.54, 1.807) is 12.1 Å². The zero-order valence-corrected chi connectivity index (χ0v) is 13.4. The molecule has 132 valence electrons. The molecule has 25 heavy (non-hydrogen) atoms. The zero-order valence-electron chi connectivity index (χ0n) is 13.4. The van der Waals surface area contributed by atoms with Crippen LogP contribution in [0.2, 0.25) is 0 Å². The van der Waals surface area contributed by atoms with Crippen LogP contribution in [0.3, 0.4) is 0 Å². The van der Waals surface area contributed by atoms with Crippen molar-refractivity contribution in [3.63, 3.8) is 0 Å². The fraction of sp³-hybridized carbons (Fsp3) is 0.294. The van der Waals surface area contributed by atoms with Gasteiger partial charge in [-0.2, -0.15) is 13.2 Å². The molecule has 0 saturated heterocycles. The normalized spacial score (nSPS) is 11.8. The van der Waals surface area contributed by atoms with Gasteiger partial charge in [-0.3, -0.25) is 9.20 Å². The Bertz CT molecular complexity index is 883. The number of hydrogen-bond donors (Lipinski definition) is 1. The summed E-state index contributed by atoms with van der Waals surface area (Å²) in [6, 6.07) is 5.62. The van der Waals surface area contributed by atoms with Crippen LogP contribution in [0.1, 0.15) is 40.9 Å². The Labute approximate surface area is 141 Å². The minimum absolute atomic E-state index is 0.120. The number of rotatable bonds is 5. The van der Waals surface area contributed by atoms with E-state index >= 15 is 0 Å². The van der Waals surface area contributed by atoms with E-state index < -0.39 is 17.6 Å². The lowest BCUT2D eigenvalue weighted by atomic mass is 10.2. The molecule has 3 rings (SSSR count). The van der Waals surface area contributed by atoms with E-state index in [4.69, 9.17) is 4.42 Å². The second kappa shape index (κ2) is 6.62. The van der Waals surface area contributed by atoms with Crippen LogP contribution in [-0.2, 0) is 19.1 Å². The maximum absolute atomic E-state index is 13.0. The van der Waals surface area contributed by atoms with Crippen molar-refractivity contribution in [1.29, 1.82) is 0 Å². The first-order valence-corrected chi connectivity index (χ1v) is 7.79. The molecule has 1 amide bonds. The second-order valence-electron chi connectivity index (χ2n) is 5.56. The maximum atomic E-state index is 13.0. The zero-order chi connectivity index (χ0) is 18.0. The molecule has 0 radical (unpaired) electrons. The molecular weight excluding hydrogens is 335 g/mol. The summed E-state index contributed by atoms with van der Waals surface area (Å²) in [4.78, 5) is 16.9. The average Bonchev–Trinajstić information content (AvgIpc) is 3.18. The third-order valence-corrected chi connectivity index (χ3v) is 3.72. The lowest BCUT2D eigenvalue weighted by molar-refractivity contribution is -0.137. The van der Waals surface area contributed by atoms with Crippen molar-refractivity contribution in [2.45, 2.75) is 32.5 Å². The van der Waals surface area contributed by atoms with Crippen LogP contribution in [0.4, 0.5) is 13.2 Å². The fourth-order valence-electron chi connectivity index (χ4n) is 2.58. The number of nitrogens with zero attached hydrogens (tertiary/aromatic N) is 2. The number of carbonyl (C=O) groups is 1. The quantitative estimate of drug-likeness (QED) is 0.760. The number of alkyl halides is 3. The topological polar surface area (TPSA) is 59.5 Å². The van der Waals surface area contributed by atoms with Crippen LogP contribution in [0.15, 0.2) is 41.1 Å². The molecule has 0 aliphatic carbocycles. The van der Waals surface area contributed by atoms with Gasteiger partial charge < -0.3 is 9.73 Å². The number of furan rings is 1. The predicted octanol–water partition coefficient (Wildman–Crippen LogP) is 3.83. The standard InChI is InChI=1S/C17H16F3N3O2/c1-2-4-13-15(16(24)21-9-12-5-3-8-25-12)23-10-11(17(18,19)20)6-7-14(23)22-13/h3,5-8,10H,2,4,9H2,1H3,(H,21,24). The molecule has 0 fully saturated rings. The SMILES string of the molecule is CCCc1nc2ccc(C(F)(F)F)cn2c1C(=O)NCc1ccco1. The van der Waals surface area contributed by atoms with Gasteiger partial charge in [0.05, 0.1) is 24.1 Å². The van der Waals surface area contributed by atoms with Crippen LogP contribution < -0.4 is 5.32 Å². The van der Waals surface area contributed by atoms with E-state index in [0.29, 0.717) is 29.9 Å². The molecule has 0 saturated carbocycles. The van der Waals surface area contributed by atoms with Crippen molar-refractivity contribution in [2.75, 3.05) is 0 Å². The van der Waals surface area contributed by atoms with Crippen LogP contribution in [0, 0.1) is 0 Å². The Balaban J connectivity index is 2.00. The van der Waals surface area contributed by atoms with Gasteiger partial charge in [0.2, 0.25) is 0 Å². The lowest BCUT2D eigenvalue weighted by Gasteiger charge is -2.09. The number of amides is 1. The van der Waals surface area contributed by atoms with Crippen molar-refractivity contribution >= 4 is 11.6 Å². The highest BCUT2D eigenvalue weighted by Gasteiger charge is 2.31. The smallest absolute Gasteiger partial charge is 0.417 e. The van der Waals surface area contributed by atoms with Crippen LogP contribution >= 0.6 is 0 Å². The number of hydrogen-bond acceptors (Lipinski definition) is 3. The summed E-state index contributed by atoms with van der Waals surface area (Å²) < 4.78 is 45.3. The molecule has 0 aliphatic rings. The molecule has 5 nitrogen and oxygen atoms in total. The first-order chi connectivity index (χ1) is 11.9. The molecule has 3 aromatic heterocycles. The van der Waals surface area contributed by atoms with Crippen LogP contribution in [0.5, 0.6) is 0 Å². The highest BCUT2D eigenvalue weighted by atomic mass is 19.4. The predicted molar refractivity (Wildman–Crippen MR) is 84.1 cm³/mol. The van der Waals surface area contributed by atoms with E-state index in [0.717, 1.165) is 12.3 Å². The number of imidazole rings is 1. The summed E-state index contributed by atoms with van der Waals surface area (Å²) in [6.45, 7) is 2.05. The Hall–Kier alpha value is -2.77. The summed E-state index contributed by atoms with van der Waals surface area (Å²) in [5, 5.41) is 2.66. The van der Waals surface area contributed by atoms with Crippen LogP contribution in [0.25, 0.3) is 5.65 Å². The van der Waals surface area contributed by atoms with E-state index in [2.05, 4.69) is 10.3 Å². The first kappa shape index (κ1) is 17.1.